The molecule has 2 aromatic carbocycles. The van der Waals surface area contributed by atoms with Crippen molar-refractivity contribution >= 4 is 34.0 Å². The van der Waals surface area contributed by atoms with E-state index in [9.17, 15) is 18.4 Å². The zero-order chi connectivity index (χ0) is 34.6. The first-order chi connectivity index (χ1) is 24.1. The molecule has 3 aliphatic rings. The largest absolute Gasteiger partial charge is 0.338 e. The predicted molar refractivity (Wildman–Crippen MR) is 185 cm³/mol. The molecule has 11 nitrogen and oxygen atoms in total. The van der Waals surface area contributed by atoms with Gasteiger partial charge in [-0.1, -0.05) is 30.3 Å². The number of halogens is 2. The molecule has 3 aliphatic heterocycles. The minimum Gasteiger partial charge on any atom is -0.338 e. The number of rotatable bonds is 7. The summed E-state index contributed by atoms with van der Waals surface area (Å²) in [6.07, 6.45) is 7.36. The summed E-state index contributed by atoms with van der Waals surface area (Å²) in [6, 6.07) is 16.9. The van der Waals surface area contributed by atoms with Crippen LogP contribution in [0.3, 0.4) is 0 Å². The molecule has 0 saturated carbocycles. The van der Waals surface area contributed by atoms with Gasteiger partial charge in [0.15, 0.2) is 5.82 Å². The number of pyridine rings is 1. The maximum atomic E-state index is 14.0. The molecule has 6 heterocycles. The zero-order valence-corrected chi connectivity index (χ0v) is 27.9. The number of nitrogens with zero attached hydrogens (tertiary/aromatic N) is 8. The second kappa shape index (κ2) is 12.2. The topological polar surface area (TPSA) is 116 Å². The molecule has 0 unspecified atom stereocenters. The lowest BCUT2D eigenvalue weighted by atomic mass is 9.85. The molecule has 2 amide bonds. The fourth-order valence-electron chi connectivity index (χ4n) is 7.50. The Balaban J connectivity index is 0.903. The zero-order valence-electron chi connectivity index (χ0n) is 27.9. The van der Waals surface area contributed by atoms with Gasteiger partial charge < -0.3 is 9.80 Å². The number of aromatic amines is 1. The lowest BCUT2D eigenvalue weighted by Gasteiger charge is -2.29. The predicted octanol–water partition coefficient (Wildman–Crippen LogP) is 5.28. The van der Waals surface area contributed by atoms with Gasteiger partial charge in [0.2, 0.25) is 11.8 Å². The maximum Gasteiger partial charge on any atom is 0.286 e. The summed E-state index contributed by atoms with van der Waals surface area (Å²) in [7, 11) is 1.85. The third-order valence-corrected chi connectivity index (χ3v) is 10.3. The number of aromatic nitrogens is 6. The number of fused-ring (bicyclic) bond motifs is 1. The Kier molecular flexibility index (Phi) is 7.81. The molecule has 3 aromatic heterocycles. The summed E-state index contributed by atoms with van der Waals surface area (Å²) >= 11 is 0. The maximum absolute atomic E-state index is 14.0. The Morgan fingerprint density at radius 3 is 2.52 bits per heavy atom. The number of H-pyrrole nitrogens is 1. The van der Waals surface area contributed by atoms with Crippen molar-refractivity contribution in [1.82, 2.24) is 39.7 Å². The smallest absolute Gasteiger partial charge is 0.286 e. The lowest BCUT2D eigenvalue weighted by molar-refractivity contribution is -0.132. The van der Waals surface area contributed by atoms with Gasteiger partial charge in [-0.25, -0.2) is 4.98 Å². The quantitative estimate of drug-likeness (QED) is 0.249. The van der Waals surface area contributed by atoms with Crippen LogP contribution in [0, 0.1) is 5.41 Å². The van der Waals surface area contributed by atoms with Crippen LogP contribution in [-0.2, 0) is 22.6 Å². The Morgan fingerprint density at radius 2 is 1.78 bits per heavy atom. The van der Waals surface area contributed by atoms with E-state index in [0.29, 0.717) is 69.2 Å². The van der Waals surface area contributed by atoms with Crippen LogP contribution in [0.2, 0.25) is 0 Å². The summed E-state index contributed by atoms with van der Waals surface area (Å²) in [6.45, 7) is 4.13. The van der Waals surface area contributed by atoms with E-state index in [1.807, 2.05) is 47.2 Å². The fraction of sp³-hybridized carbons (Fsp3) is 0.351. The van der Waals surface area contributed by atoms with Crippen molar-refractivity contribution in [3.8, 4) is 22.6 Å². The fourth-order valence-corrected chi connectivity index (χ4v) is 7.50. The third-order valence-electron chi connectivity index (χ3n) is 10.3. The van der Waals surface area contributed by atoms with Crippen molar-refractivity contribution in [3.05, 3.63) is 84.5 Å². The van der Waals surface area contributed by atoms with Crippen molar-refractivity contribution in [1.29, 1.82) is 0 Å². The Morgan fingerprint density at radius 1 is 0.980 bits per heavy atom. The highest BCUT2D eigenvalue weighted by Gasteiger charge is 2.51. The number of hydrogen-bond acceptors (Lipinski definition) is 7. The first-order valence-electron chi connectivity index (χ1n) is 16.9. The summed E-state index contributed by atoms with van der Waals surface area (Å²) in [5.41, 5.74) is 4.99. The SMILES string of the molecule is Cn1cnc(-c2ccc(C3=CCN(C(=O)CN4CC[C@]5(CCN(c6ccc7[nH]nc(-c8ccnc(C(C)(F)F)c8)c7c6)C5=O)C4)CC3)cc2)n1. The molecule has 2 saturated heterocycles. The Bertz CT molecular complexity index is 2130. The van der Waals surface area contributed by atoms with Crippen molar-refractivity contribution in [2.45, 2.75) is 32.1 Å². The first kappa shape index (κ1) is 31.9. The van der Waals surface area contributed by atoms with Gasteiger partial charge in [0.05, 0.1) is 17.5 Å². The molecule has 256 valence electrons. The van der Waals surface area contributed by atoms with E-state index in [1.165, 1.54) is 17.8 Å². The van der Waals surface area contributed by atoms with Crippen LogP contribution in [0.15, 0.2) is 73.2 Å². The van der Waals surface area contributed by atoms with E-state index in [4.69, 9.17) is 0 Å². The Labute approximate surface area is 287 Å². The summed E-state index contributed by atoms with van der Waals surface area (Å²) in [4.78, 5) is 41.4. The van der Waals surface area contributed by atoms with Crippen LogP contribution < -0.4 is 4.90 Å². The van der Waals surface area contributed by atoms with Gasteiger partial charge in [0, 0.05) is 68.5 Å². The highest BCUT2D eigenvalue weighted by molar-refractivity contribution is 6.03. The number of nitrogens with one attached hydrogen (secondary N) is 1. The minimum absolute atomic E-state index is 0.0593. The molecule has 8 rings (SSSR count). The highest BCUT2D eigenvalue weighted by atomic mass is 19.3. The average Bonchev–Trinajstić information content (AvgIpc) is 3.92. The van der Waals surface area contributed by atoms with Crippen LogP contribution in [0.4, 0.5) is 14.5 Å². The van der Waals surface area contributed by atoms with Gasteiger partial charge in [0.25, 0.3) is 5.92 Å². The van der Waals surface area contributed by atoms with Crippen molar-refractivity contribution < 1.29 is 18.4 Å². The number of amides is 2. The molecule has 2 fully saturated rings. The monoisotopic (exact) mass is 677 g/mol. The van der Waals surface area contributed by atoms with Crippen LogP contribution in [-0.4, -0.2) is 90.8 Å². The van der Waals surface area contributed by atoms with E-state index in [1.54, 1.807) is 17.1 Å². The number of likely N-dealkylation sites (tertiary alicyclic amines) is 1. The number of aryl methyl sites for hydroxylation is 1. The van der Waals surface area contributed by atoms with Gasteiger partial charge in [0.1, 0.15) is 17.7 Å². The number of benzene rings is 2. The molecule has 1 spiro atoms. The van der Waals surface area contributed by atoms with Crippen LogP contribution in [0.5, 0.6) is 0 Å². The standard InChI is InChI=1S/C37H37F2N9O2/c1-36(38,39)31-19-27(9-14-40-31)33-29-20-28(7-8-30(29)42-43-33)48-18-13-37(35(48)50)12-17-46(22-37)21-32(49)47-15-10-25(11-16-47)24-3-5-26(6-4-24)34-41-23-45(2)44-34/h3-10,14,19-20,23H,11-13,15-18,21-22H2,1-2H3,(H,42,43)/t37-/m0/s1. The van der Waals surface area contributed by atoms with Gasteiger partial charge >= 0.3 is 0 Å². The van der Waals surface area contributed by atoms with E-state index in [-0.39, 0.29) is 17.5 Å². The van der Waals surface area contributed by atoms with E-state index >= 15 is 0 Å². The third kappa shape index (κ3) is 5.85. The van der Waals surface area contributed by atoms with Crippen molar-refractivity contribution in [2.75, 3.05) is 44.2 Å². The molecular formula is C37H37F2N9O2. The summed E-state index contributed by atoms with van der Waals surface area (Å²) in [5.74, 6) is -2.25. The molecular weight excluding hydrogens is 640 g/mol. The van der Waals surface area contributed by atoms with Crippen LogP contribution in [0.25, 0.3) is 39.1 Å². The number of carbonyl (C=O) groups excluding carboxylic acids is 2. The van der Waals surface area contributed by atoms with Crippen molar-refractivity contribution in [3.63, 3.8) is 0 Å². The Hall–Kier alpha value is -5.30. The molecule has 50 heavy (non-hydrogen) atoms. The van der Waals surface area contributed by atoms with Gasteiger partial charge in [-0.2, -0.15) is 19.0 Å². The first-order valence-corrected chi connectivity index (χ1v) is 16.9. The summed E-state index contributed by atoms with van der Waals surface area (Å²) in [5, 5.41) is 12.5. The molecule has 1 atom stereocenters. The molecule has 1 N–H and O–H groups in total. The number of anilines is 1. The average molecular weight is 678 g/mol. The second-order valence-electron chi connectivity index (χ2n) is 13.7. The van der Waals surface area contributed by atoms with Gasteiger partial charge in [-0.05, 0) is 67.3 Å². The highest BCUT2D eigenvalue weighted by Crippen LogP contribution is 2.43. The van der Waals surface area contributed by atoms with Crippen LogP contribution in [0.1, 0.15) is 37.4 Å². The van der Waals surface area contributed by atoms with Crippen LogP contribution >= 0.6 is 0 Å². The molecule has 0 aliphatic carbocycles. The minimum atomic E-state index is -3.08. The van der Waals surface area contributed by atoms with E-state index in [2.05, 4.69) is 48.4 Å². The van der Waals surface area contributed by atoms with Gasteiger partial charge in [-0.15, -0.1) is 0 Å². The number of hydrogen-bond donors (Lipinski definition) is 1. The molecule has 0 radical (unpaired) electrons. The van der Waals surface area contributed by atoms with E-state index < -0.39 is 11.3 Å². The molecule has 0 bridgehead atoms. The van der Waals surface area contributed by atoms with Gasteiger partial charge in [-0.3, -0.25) is 29.3 Å². The number of carbonyl (C=O) groups is 2. The second-order valence-corrected chi connectivity index (χ2v) is 13.7. The summed E-state index contributed by atoms with van der Waals surface area (Å²) < 4.78 is 29.7. The molecule has 13 heteroatoms. The molecule has 5 aromatic rings. The normalized spacial score (nSPS) is 20.0. The van der Waals surface area contributed by atoms with E-state index in [0.717, 1.165) is 41.1 Å². The lowest BCUT2D eigenvalue weighted by Crippen LogP contribution is -2.43. The number of alkyl halides is 2. The van der Waals surface area contributed by atoms with Crippen molar-refractivity contribution in [2.24, 2.45) is 12.5 Å².